The maximum atomic E-state index is 5.45. The lowest BCUT2D eigenvalue weighted by atomic mass is 9.99. The van der Waals surface area contributed by atoms with Crippen LogP contribution in [0.4, 0.5) is 0 Å². The van der Waals surface area contributed by atoms with Gasteiger partial charge in [0.15, 0.2) is 0 Å². The molecule has 136 valence electrons. The third-order valence-corrected chi connectivity index (χ3v) is 5.09. The first kappa shape index (κ1) is 16.9. The Morgan fingerprint density at radius 1 is 1.12 bits per heavy atom. The number of hydrogen-bond donors (Lipinski definition) is 1. The van der Waals surface area contributed by atoms with Gasteiger partial charge in [-0.15, -0.1) is 5.10 Å². The summed E-state index contributed by atoms with van der Waals surface area (Å²) in [4.78, 5) is 2.46. The zero-order chi connectivity index (χ0) is 18.1. The number of ether oxygens (including phenoxy) is 1. The van der Waals surface area contributed by atoms with Crippen molar-refractivity contribution in [2.75, 3.05) is 26.3 Å². The minimum absolute atomic E-state index is 0.386. The molecule has 1 fully saturated rings. The Morgan fingerprint density at radius 3 is 2.50 bits per heavy atom. The van der Waals surface area contributed by atoms with E-state index in [1.165, 1.54) is 5.56 Å². The highest BCUT2D eigenvalue weighted by molar-refractivity contribution is 5.69. The summed E-state index contributed by atoms with van der Waals surface area (Å²) in [6.45, 7) is 9.88. The molecular weight excluding hydrogens is 330 g/mol. The van der Waals surface area contributed by atoms with Gasteiger partial charge in [0, 0.05) is 24.7 Å². The van der Waals surface area contributed by atoms with Gasteiger partial charge in [0.05, 0.1) is 24.6 Å². The molecule has 3 heterocycles. The molecule has 1 saturated heterocycles. The van der Waals surface area contributed by atoms with Crippen molar-refractivity contribution in [3.05, 3.63) is 41.2 Å². The van der Waals surface area contributed by atoms with Gasteiger partial charge in [-0.05, 0) is 37.1 Å². The Kier molecular flexibility index (Phi) is 4.52. The number of aromatic amines is 1. The van der Waals surface area contributed by atoms with Crippen molar-refractivity contribution in [1.29, 1.82) is 0 Å². The van der Waals surface area contributed by atoms with Crippen LogP contribution in [0.1, 0.15) is 29.9 Å². The third kappa shape index (κ3) is 3.02. The Morgan fingerprint density at radius 2 is 1.85 bits per heavy atom. The largest absolute Gasteiger partial charge is 0.379 e. The van der Waals surface area contributed by atoms with Crippen molar-refractivity contribution in [1.82, 2.24) is 35.3 Å². The second-order valence-corrected chi connectivity index (χ2v) is 6.62. The molecule has 2 aromatic heterocycles. The van der Waals surface area contributed by atoms with E-state index >= 15 is 0 Å². The molecule has 4 rings (SSSR count). The quantitative estimate of drug-likeness (QED) is 0.773. The molecule has 1 aliphatic rings. The zero-order valence-electron chi connectivity index (χ0n) is 15.3. The lowest BCUT2D eigenvalue weighted by Gasteiger charge is -2.32. The molecule has 1 N–H and O–H groups in total. The van der Waals surface area contributed by atoms with Crippen molar-refractivity contribution < 1.29 is 4.74 Å². The first-order valence-corrected chi connectivity index (χ1v) is 8.87. The van der Waals surface area contributed by atoms with Gasteiger partial charge >= 0.3 is 0 Å². The molecule has 0 spiro atoms. The van der Waals surface area contributed by atoms with Gasteiger partial charge in [-0.25, -0.2) is 0 Å². The molecule has 1 aromatic carbocycles. The third-order valence-electron chi connectivity index (χ3n) is 5.09. The summed E-state index contributed by atoms with van der Waals surface area (Å²) >= 11 is 0. The van der Waals surface area contributed by atoms with E-state index in [1.807, 2.05) is 13.8 Å². The highest BCUT2D eigenvalue weighted by atomic mass is 16.5. The normalized spacial score (nSPS) is 16.7. The Bertz CT molecular complexity index is 864. The molecular formula is C18H23N7O. The predicted molar refractivity (Wildman–Crippen MR) is 97.0 cm³/mol. The maximum absolute atomic E-state index is 5.45. The van der Waals surface area contributed by atoms with Crippen molar-refractivity contribution in [3.63, 3.8) is 0 Å². The number of aromatic nitrogens is 6. The van der Waals surface area contributed by atoms with E-state index < -0.39 is 0 Å². The minimum atomic E-state index is 0.386. The average molecular weight is 353 g/mol. The molecule has 8 nitrogen and oxygen atoms in total. The van der Waals surface area contributed by atoms with Gasteiger partial charge in [-0.3, -0.25) is 4.90 Å². The lowest BCUT2D eigenvalue weighted by Crippen LogP contribution is -2.37. The van der Waals surface area contributed by atoms with Crippen LogP contribution < -0.4 is 0 Å². The minimum Gasteiger partial charge on any atom is -0.379 e. The molecule has 1 aliphatic heterocycles. The summed E-state index contributed by atoms with van der Waals surface area (Å²) < 4.78 is 7.17. The molecule has 1 atom stereocenters. The number of benzene rings is 1. The van der Waals surface area contributed by atoms with Gasteiger partial charge in [0.1, 0.15) is 0 Å². The highest BCUT2D eigenvalue weighted by Crippen LogP contribution is 2.30. The molecule has 0 bridgehead atoms. The number of rotatable bonds is 4. The molecule has 0 saturated carbocycles. The van der Waals surface area contributed by atoms with Crippen LogP contribution in [-0.2, 0) is 4.74 Å². The van der Waals surface area contributed by atoms with Crippen molar-refractivity contribution in [2.45, 2.75) is 26.8 Å². The fourth-order valence-electron chi connectivity index (χ4n) is 3.61. The zero-order valence-corrected chi connectivity index (χ0v) is 15.3. The van der Waals surface area contributed by atoms with E-state index in [1.54, 1.807) is 4.68 Å². The first-order valence-electron chi connectivity index (χ1n) is 8.87. The van der Waals surface area contributed by atoms with E-state index in [4.69, 9.17) is 4.74 Å². The number of nitrogens with one attached hydrogen (secondary N) is 1. The van der Waals surface area contributed by atoms with Crippen LogP contribution in [0.15, 0.2) is 24.3 Å². The predicted octanol–water partition coefficient (Wildman–Crippen LogP) is 2.06. The Balaban J connectivity index is 1.61. The fraction of sp³-hybridized carbons (Fsp3) is 0.444. The second-order valence-electron chi connectivity index (χ2n) is 6.62. The molecule has 0 amide bonds. The smallest absolute Gasteiger partial charge is 0.290 e. The van der Waals surface area contributed by atoms with Crippen molar-refractivity contribution in [2.24, 2.45) is 0 Å². The lowest BCUT2D eigenvalue weighted by molar-refractivity contribution is 0.0198. The van der Waals surface area contributed by atoms with Gasteiger partial charge in [0.25, 0.3) is 5.95 Å². The standard InChI is InChI=1S/C18H23N7O/c1-12-17(14(3)25(21-12)18-19-22-23-20-18)16-6-4-15(5-7-16)13(2)24-8-10-26-11-9-24/h4-7,13H,8-11H2,1-3H3,(H,19,20,22,23)/t13-/m1/s1. The summed E-state index contributed by atoms with van der Waals surface area (Å²) in [6, 6.07) is 9.14. The van der Waals surface area contributed by atoms with Crippen LogP contribution in [0.5, 0.6) is 0 Å². The fourth-order valence-corrected chi connectivity index (χ4v) is 3.61. The van der Waals surface area contributed by atoms with Crippen LogP contribution in [0.3, 0.4) is 0 Å². The van der Waals surface area contributed by atoms with Crippen molar-refractivity contribution in [3.8, 4) is 17.1 Å². The van der Waals surface area contributed by atoms with Gasteiger partial charge in [-0.1, -0.05) is 29.4 Å². The van der Waals surface area contributed by atoms with Crippen LogP contribution in [-0.4, -0.2) is 61.6 Å². The van der Waals surface area contributed by atoms with E-state index in [0.29, 0.717) is 12.0 Å². The van der Waals surface area contributed by atoms with E-state index in [-0.39, 0.29) is 0 Å². The summed E-state index contributed by atoms with van der Waals surface area (Å²) in [7, 11) is 0. The van der Waals surface area contributed by atoms with Crippen LogP contribution >= 0.6 is 0 Å². The van der Waals surface area contributed by atoms with Gasteiger partial charge < -0.3 is 4.74 Å². The number of morpholine rings is 1. The highest BCUT2D eigenvalue weighted by Gasteiger charge is 2.20. The Labute approximate surface area is 152 Å². The monoisotopic (exact) mass is 353 g/mol. The molecule has 0 aliphatic carbocycles. The summed E-state index contributed by atoms with van der Waals surface area (Å²) in [5, 5.41) is 18.7. The number of aryl methyl sites for hydroxylation is 1. The Hall–Kier alpha value is -2.58. The SMILES string of the molecule is Cc1nn(-c2nn[nH]n2)c(C)c1-c1ccc([C@@H](C)N2CCOCC2)cc1. The van der Waals surface area contributed by atoms with E-state index in [0.717, 1.165) is 48.8 Å². The molecule has 26 heavy (non-hydrogen) atoms. The van der Waals surface area contributed by atoms with E-state index in [9.17, 15) is 0 Å². The molecule has 0 unspecified atom stereocenters. The summed E-state index contributed by atoms with van der Waals surface area (Å²) in [5.41, 5.74) is 5.52. The number of tetrazole rings is 1. The van der Waals surface area contributed by atoms with Gasteiger partial charge in [-0.2, -0.15) is 15.0 Å². The average Bonchev–Trinajstić information content (AvgIpc) is 3.30. The van der Waals surface area contributed by atoms with Crippen LogP contribution in [0.2, 0.25) is 0 Å². The summed E-state index contributed by atoms with van der Waals surface area (Å²) in [6.07, 6.45) is 0. The topological polar surface area (TPSA) is 84.8 Å². The molecule has 8 heteroatoms. The maximum Gasteiger partial charge on any atom is 0.290 e. The van der Waals surface area contributed by atoms with Gasteiger partial charge in [0.2, 0.25) is 0 Å². The second kappa shape index (κ2) is 6.97. The van der Waals surface area contributed by atoms with Crippen LogP contribution in [0, 0.1) is 13.8 Å². The number of nitrogens with zero attached hydrogens (tertiary/aromatic N) is 6. The summed E-state index contributed by atoms with van der Waals surface area (Å²) in [5.74, 6) is 0.453. The molecule has 3 aromatic rings. The first-order chi connectivity index (χ1) is 12.6. The molecule has 0 radical (unpaired) electrons. The van der Waals surface area contributed by atoms with Crippen molar-refractivity contribution >= 4 is 0 Å². The van der Waals surface area contributed by atoms with Crippen LogP contribution in [0.25, 0.3) is 17.1 Å². The van der Waals surface area contributed by atoms with E-state index in [2.05, 4.69) is 61.8 Å². The number of hydrogen-bond acceptors (Lipinski definition) is 6. The number of H-pyrrole nitrogens is 1.